The number of halogens is 4. The van der Waals surface area contributed by atoms with Crippen molar-refractivity contribution in [3.05, 3.63) is 119 Å². The van der Waals surface area contributed by atoms with Crippen molar-refractivity contribution in [2.75, 3.05) is 108 Å². The van der Waals surface area contributed by atoms with E-state index in [1.54, 1.807) is 23.9 Å². The van der Waals surface area contributed by atoms with Gasteiger partial charge in [0.15, 0.2) is 0 Å². The molecule has 4 fully saturated rings. The van der Waals surface area contributed by atoms with Gasteiger partial charge in [-0.15, -0.1) is 11.8 Å². The largest absolute Gasteiger partial charge is 0.501 e. The average molecular weight is 1050 g/mol. The number of alkyl halides is 3. The van der Waals surface area contributed by atoms with Gasteiger partial charge in [0.2, 0.25) is 0 Å². The van der Waals surface area contributed by atoms with Gasteiger partial charge in [-0.2, -0.15) is 13.2 Å². The van der Waals surface area contributed by atoms with Gasteiger partial charge in [-0.25, -0.2) is 8.42 Å². The van der Waals surface area contributed by atoms with Crippen LogP contribution in [-0.4, -0.2) is 156 Å². The number of carbonyl (C=O) groups is 1. The Hall–Kier alpha value is -3.78. The summed E-state index contributed by atoms with van der Waals surface area (Å²) in [4.78, 5) is 26.1. The molecule has 1 amide bonds. The van der Waals surface area contributed by atoms with Crippen molar-refractivity contribution in [3.63, 3.8) is 0 Å². The molecular weight excluding hydrogens is 987 g/mol. The number of anilines is 2. The summed E-state index contributed by atoms with van der Waals surface area (Å²) in [5.74, 6) is 0.0355. The number of nitrogens with zero attached hydrogens (tertiary/aromatic N) is 5. The number of thioether (sulfide) groups is 1. The highest BCUT2D eigenvalue weighted by Crippen LogP contribution is 2.46. The van der Waals surface area contributed by atoms with E-state index in [1.807, 2.05) is 54.6 Å². The summed E-state index contributed by atoms with van der Waals surface area (Å²) in [5, 5.41) is 3.91. The molecule has 5 aliphatic rings. The molecule has 71 heavy (non-hydrogen) atoms. The molecule has 382 valence electrons. The van der Waals surface area contributed by atoms with Crippen molar-refractivity contribution >= 4 is 68.0 Å². The third-order valence-electron chi connectivity index (χ3n) is 15.0. The Morgan fingerprint density at radius 1 is 0.887 bits per heavy atom. The van der Waals surface area contributed by atoms with Crippen molar-refractivity contribution in [1.29, 1.82) is 0 Å². The molecule has 4 aliphatic heterocycles. The molecule has 4 saturated heterocycles. The van der Waals surface area contributed by atoms with E-state index in [9.17, 15) is 26.4 Å². The van der Waals surface area contributed by atoms with Crippen LogP contribution in [0.2, 0.25) is 5.02 Å². The first-order chi connectivity index (χ1) is 34.1. The number of hydrogen-bond donors (Lipinski definition) is 2. The smallest absolute Gasteiger partial charge is 0.380 e. The highest BCUT2D eigenvalue weighted by Gasteiger charge is 2.48. The van der Waals surface area contributed by atoms with Gasteiger partial charge < -0.3 is 19.9 Å². The number of likely N-dealkylation sites (N-methyl/N-ethyl adjacent to an activating group) is 1. The van der Waals surface area contributed by atoms with E-state index < -0.39 is 26.1 Å². The van der Waals surface area contributed by atoms with Crippen molar-refractivity contribution < 1.29 is 31.1 Å². The third-order valence-corrected chi connectivity index (χ3v) is 18.7. The summed E-state index contributed by atoms with van der Waals surface area (Å²) >= 11 is 8.64. The van der Waals surface area contributed by atoms with Crippen molar-refractivity contribution in [1.82, 2.24) is 24.3 Å². The first-order valence-electron chi connectivity index (χ1n) is 24.7. The normalized spacial score (nSPS) is 23.3. The third kappa shape index (κ3) is 13.0. The number of morpholine rings is 1. The van der Waals surface area contributed by atoms with Gasteiger partial charge in [0.1, 0.15) is 4.90 Å². The molecule has 11 nitrogen and oxygen atoms in total. The molecule has 4 heterocycles. The van der Waals surface area contributed by atoms with Crippen LogP contribution in [-0.2, 0) is 14.6 Å². The highest BCUT2D eigenvalue weighted by atomic mass is 35.5. The van der Waals surface area contributed by atoms with E-state index in [2.05, 4.69) is 60.6 Å². The first kappa shape index (κ1) is 52.1. The van der Waals surface area contributed by atoms with Gasteiger partial charge >= 0.3 is 5.51 Å². The lowest BCUT2D eigenvalue weighted by Gasteiger charge is -2.44. The average Bonchev–Trinajstić information content (AvgIpc) is 3.94. The van der Waals surface area contributed by atoms with Gasteiger partial charge in [0.25, 0.3) is 15.7 Å². The Kier molecular flexibility index (Phi) is 16.7. The second-order valence-electron chi connectivity index (χ2n) is 20.1. The molecule has 4 aromatic rings. The van der Waals surface area contributed by atoms with Crippen LogP contribution in [0.25, 0.3) is 5.57 Å². The minimum Gasteiger partial charge on any atom is -0.380 e. The van der Waals surface area contributed by atoms with E-state index in [0.29, 0.717) is 49.6 Å². The molecule has 2 bridgehead atoms. The van der Waals surface area contributed by atoms with Crippen LogP contribution in [0.5, 0.6) is 0 Å². The standard InChI is InChI=1S/C53H65ClF3N7O4S3/c1-52(37-64-35-44-30-45(64)34-60(44)2)20-18-48(38-8-12-41(54)13-9-38)40(32-52)33-62-22-24-63(25-23-62)43-14-10-39(11-15-43)51(65)59-70-47-16-17-49(50(31-47)71(66,67)53(55,56)57)58-42(19-21-61-26-28-68-29-27-61)36-69-46-6-4-3-5-7-46/h3-17,31,42,44-45,58H,18-30,32-37H2,1-2H3,(H,59,65)/t42-,44-,45-,52?/m1/s1. The Morgan fingerprint density at radius 3 is 2.30 bits per heavy atom. The lowest BCUT2D eigenvalue weighted by Crippen LogP contribution is -2.49. The lowest BCUT2D eigenvalue weighted by molar-refractivity contribution is -0.0435. The summed E-state index contributed by atoms with van der Waals surface area (Å²) < 4.78 is 77.0. The Balaban J connectivity index is 0.816. The molecular formula is C53H65ClF3N7O4S3. The molecule has 1 unspecified atom stereocenters. The molecule has 0 radical (unpaired) electrons. The number of fused-ring (bicyclic) bond motifs is 2. The highest BCUT2D eigenvalue weighted by molar-refractivity contribution is 7.99. The summed E-state index contributed by atoms with van der Waals surface area (Å²) in [6.07, 6.45) is 5.17. The number of nitrogens with one attached hydrogen (secondary N) is 2. The van der Waals surface area contributed by atoms with Crippen molar-refractivity contribution in [3.8, 4) is 0 Å². The Labute approximate surface area is 430 Å². The number of hydrogen-bond acceptors (Lipinski definition) is 12. The predicted molar refractivity (Wildman–Crippen MR) is 281 cm³/mol. The van der Waals surface area contributed by atoms with Crippen LogP contribution in [0, 0.1) is 5.41 Å². The van der Waals surface area contributed by atoms with Crippen LogP contribution >= 0.6 is 35.3 Å². The maximum Gasteiger partial charge on any atom is 0.501 e. The van der Waals surface area contributed by atoms with Crippen molar-refractivity contribution in [2.45, 2.75) is 77.3 Å². The van der Waals surface area contributed by atoms with Crippen LogP contribution in [0.3, 0.4) is 0 Å². The molecule has 0 aromatic heterocycles. The quantitative estimate of drug-likeness (QED) is 0.0734. The number of benzene rings is 4. The Bertz CT molecular complexity index is 2600. The number of sulfone groups is 1. The van der Waals surface area contributed by atoms with Gasteiger partial charge in [-0.05, 0) is 134 Å². The zero-order valence-corrected chi connectivity index (χ0v) is 43.7. The number of carbonyl (C=O) groups excluding carboxylic acids is 1. The number of ether oxygens (including phenoxy) is 1. The zero-order chi connectivity index (χ0) is 49.8. The van der Waals surface area contributed by atoms with Gasteiger partial charge in [0, 0.05) is 122 Å². The molecule has 0 saturated carbocycles. The van der Waals surface area contributed by atoms with E-state index >= 15 is 0 Å². The van der Waals surface area contributed by atoms with Crippen LogP contribution in [0.1, 0.15) is 54.9 Å². The fourth-order valence-electron chi connectivity index (χ4n) is 11.0. The molecule has 9 rings (SSSR count). The first-order valence-corrected chi connectivity index (χ1v) is 28.4. The number of piperazine rings is 2. The molecule has 1 aliphatic carbocycles. The van der Waals surface area contributed by atoms with Gasteiger partial charge in [-0.1, -0.05) is 54.4 Å². The Morgan fingerprint density at radius 2 is 1.62 bits per heavy atom. The van der Waals surface area contributed by atoms with Gasteiger partial charge in [0.05, 0.1) is 18.9 Å². The van der Waals surface area contributed by atoms with Gasteiger partial charge in [-0.3, -0.25) is 24.2 Å². The predicted octanol–water partition coefficient (Wildman–Crippen LogP) is 9.52. The maximum atomic E-state index is 14.2. The van der Waals surface area contributed by atoms with E-state index in [1.165, 1.54) is 54.8 Å². The lowest BCUT2D eigenvalue weighted by atomic mass is 9.71. The number of rotatable bonds is 18. The molecule has 0 spiro atoms. The van der Waals surface area contributed by atoms with Crippen molar-refractivity contribution in [2.24, 2.45) is 5.41 Å². The number of amides is 1. The summed E-state index contributed by atoms with van der Waals surface area (Å²) in [5.41, 5.74) is 0.188. The zero-order valence-electron chi connectivity index (χ0n) is 40.5. The monoisotopic (exact) mass is 1050 g/mol. The number of likely N-dealkylation sites (tertiary alicyclic amines) is 2. The SMILES string of the molecule is CN1C[C@H]2C[C@@H]1CN2CC1(C)CCC(c2ccc(Cl)cc2)=C(CN2CCN(c3ccc(C(=O)NSc4ccc(N[C@H](CCN5CCOCC5)CSc5ccccc5)c(S(=O)(=O)C(F)(F)F)c4)cc3)CC2)C1. The molecule has 2 N–H and O–H groups in total. The maximum absolute atomic E-state index is 14.2. The summed E-state index contributed by atoms with van der Waals surface area (Å²) in [6, 6.07) is 30.2. The van der Waals surface area contributed by atoms with Crippen LogP contribution in [0.4, 0.5) is 24.5 Å². The topological polar surface area (TPSA) is 101 Å². The minimum atomic E-state index is -5.76. The molecule has 4 aromatic carbocycles. The summed E-state index contributed by atoms with van der Waals surface area (Å²) in [6.45, 7) is 13.8. The van der Waals surface area contributed by atoms with E-state index in [4.69, 9.17) is 16.3 Å². The second-order valence-corrected chi connectivity index (χ2v) is 24.5. The minimum absolute atomic E-state index is 0.139. The van der Waals surface area contributed by atoms with E-state index in [-0.39, 0.29) is 22.0 Å². The fraction of sp³-hybridized carbons (Fsp3) is 0.491. The van der Waals surface area contributed by atoms with Crippen LogP contribution < -0.4 is 14.9 Å². The molecule has 4 atom stereocenters. The van der Waals surface area contributed by atoms with Crippen LogP contribution in [0.15, 0.2) is 117 Å². The number of allylic oxidation sites excluding steroid dienone is 1. The molecule has 18 heteroatoms. The second kappa shape index (κ2) is 22.8. The fourth-order valence-corrected chi connectivity index (χ4v) is 13.8. The summed E-state index contributed by atoms with van der Waals surface area (Å²) in [7, 11) is -3.50. The van der Waals surface area contributed by atoms with E-state index in [0.717, 1.165) is 98.8 Å².